The Bertz CT molecular complexity index is 1370. The maximum Gasteiger partial charge on any atom is 0.469 e. The number of nitrogens with zero attached hydrogens (tertiary/aromatic N) is 2. The number of fused-ring (bicyclic) bond motifs is 1. The molecule has 0 radical (unpaired) electrons. The first-order valence-corrected chi connectivity index (χ1v) is 10.4. The number of ether oxygens (including phenoxy) is 1. The number of rotatable bonds is 3. The highest BCUT2D eigenvalue weighted by molar-refractivity contribution is 5.93. The lowest BCUT2D eigenvalue weighted by atomic mass is 10.0. The van der Waals surface area contributed by atoms with E-state index in [9.17, 15) is 26.7 Å². The number of aryl methyl sites for hydroxylation is 1. The van der Waals surface area contributed by atoms with Crippen LogP contribution in [-0.4, -0.2) is 21.9 Å². The molecule has 1 aliphatic heterocycles. The van der Waals surface area contributed by atoms with E-state index < -0.39 is 35.2 Å². The smallest absolute Gasteiger partial charge is 0.427 e. The van der Waals surface area contributed by atoms with Crippen LogP contribution in [0.25, 0.3) is 22.4 Å². The van der Waals surface area contributed by atoms with Crippen molar-refractivity contribution < 1.29 is 31.5 Å². The second-order valence-corrected chi connectivity index (χ2v) is 8.04. The lowest BCUT2D eigenvalue weighted by Gasteiger charge is -2.16. The zero-order valence-electron chi connectivity index (χ0n) is 18.0. The molecule has 5 nitrogen and oxygen atoms in total. The highest BCUT2D eigenvalue weighted by Crippen LogP contribution is 2.53. The normalized spacial score (nSPS) is 15.4. The third kappa shape index (κ3) is 3.90. The van der Waals surface area contributed by atoms with Crippen molar-refractivity contribution in [2.75, 3.05) is 5.32 Å². The number of anilines is 1. The fourth-order valence-electron chi connectivity index (χ4n) is 3.73. The third-order valence-corrected chi connectivity index (χ3v) is 5.58. The Morgan fingerprint density at radius 1 is 0.943 bits per heavy atom. The van der Waals surface area contributed by atoms with Crippen LogP contribution >= 0.6 is 0 Å². The number of amides is 1. The Hall–Kier alpha value is -4.21. The zero-order valence-corrected chi connectivity index (χ0v) is 18.0. The molecule has 0 aliphatic carbocycles. The van der Waals surface area contributed by atoms with E-state index in [0.29, 0.717) is 22.4 Å². The van der Waals surface area contributed by atoms with Crippen LogP contribution in [0.1, 0.15) is 11.1 Å². The van der Waals surface area contributed by atoms with E-state index in [-0.39, 0.29) is 5.69 Å². The van der Waals surface area contributed by atoms with Gasteiger partial charge in [-0.15, -0.1) is 0 Å². The monoisotopic (exact) mass is 485 g/mol. The van der Waals surface area contributed by atoms with Crippen LogP contribution in [0.4, 0.5) is 32.4 Å². The fourth-order valence-corrected chi connectivity index (χ4v) is 3.73. The number of benzene rings is 3. The molecule has 10 heteroatoms. The van der Waals surface area contributed by atoms with Crippen molar-refractivity contribution in [1.82, 2.24) is 9.78 Å². The predicted molar refractivity (Wildman–Crippen MR) is 118 cm³/mol. The number of nitrogens with one attached hydrogen (secondary N) is 1. The van der Waals surface area contributed by atoms with Crippen LogP contribution in [0, 0.1) is 12.7 Å². The van der Waals surface area contributed by atoms with Crippen LogP contribution in [0.15, 0.2) is 72.9 Å². The molecule has 35 heavy (non-hydrogen) atoms. The molecule has 4 aromatic rings. The summed E-state index contributed by atoms with van der Waals surface area (Å²) in [7, 11) is 0. The molecule has 0 spiro atoms. The van der Waals surface area contributed by atoms with Crippen molar-refractivity contribution in [3.8, 4) is 28.1 Å². The quantitative estimate of drug-likeness (QED) is 0.324. The molecule has 5 rings (SSSR count). The number of hydrogen-bond donors (Lipinski definition) is 1. The van der Waals surface area contributed by atoms with E-state index in [1.165, 1.54) is 36.5 Å². The van der Waals surface area contributed by atoms with E-state index in [2.05, 4.69) is 15.2 Å². The minimum Gasteiger partial charge on any atom is -0.427 e. The number of hydrogen-bond acceptors (Lipinski definition) is 3. The average molecular weight is 485 g/mol. The molecule has 1 amide bonds. The SMILES string of the molecule is Cc1ccc(-c2nn(C(=O)Nc3ccc4c(c3)C(F)(F)C(F)(F)O4)cc2-c2ccc(F)cc2)cc1. The van der Waals surface area contributed by atoms with Gasteiger partial charge in [0.25, 0.3) is 0 Å². The number of carbonyl (C=O) groups is 1. The molecule has 3 aromatic carbocycles. The first-order valence-electron chi connectivity index (χ1n) is 10.4. The Kier molecular flexibility index (Phi) is 5.12. The topological polar surface area (TPSA) is 56.2 Å². The van der Waals surface area contributed by atoms with Crippen molar-refractivity contribution in [3.05, 3.63) is 89.9 Å². The molecule has 0 saturated heterocycles. The summed E-state index contributed by atoms with van der Waals surface area (Å²) in [6, 6.07) is 15.0. The van der Waals surface area contributed by atoms with Gasteiger partial charge in [0.15, 0.2) is 0 Å². The fraction of sp³-hybridized carbons (Fsp3) is 0.120. The summed E-state index contributed by atoms with van der Waals surface area (Å²) in [5.41, 5.74) is 2.07. The van der Waals surface area contributed by atoms with E-state index in [0.717, 1.165) is 22.4 Å². The summed E-state index contributed by atoms with van der Waals surface area (Å²) in [6.07, 6.45) is -3.27. The molecular formula is C25H16F5N3O2. The molecule has 0 bridgehead atoms. The first-order chi connectivity index (χ1) is 16.5. The Morgan fingerprint density at radius 3 is 2.29 bits per heavy atom. The van der Waals surface area contributed by atoms with Gasteiger partial charge in [-0.25, -0.2) is 9.18 Å². The molecule has 2 heterocycles. The summed E-state index contributed by atoms with van der Waals surface area (Å²) in [4.78, 5) is 12.9. The number of carbonyl (C=O) groups excluding carboxylic acids is 1. The van der Waals surface area contributed by atoms with Crippen molar-refractivity contribution >= 4 is 11.7 Å². The van der Waals surface area contributed by atoms with E-state index in [1.54, 1.807) is 0 Å². The van der Waals surface area contributed by atoms with Crippen molar-refractivity contribution in [1.29, 1.82) is 0 Å². The lowest BCUT2D eigenvalue weighted by molar-refractivity contribution is -0.296. The molecule has 0 saturated carbocycles. The lowest BCUT2D eigenvalue weighted by Crippen LogP contribution is -2.37. The van der Waals surface area contributed by atoms with Crippen molar-refractivity contribution in [2.24, 2.45) is 0 Å². The number of alkyl halides is 4. The van der Waals surface area contributed by atoms with Gasteiger partial charge in [0.2, 0.25) is 0 Å². The third-order valence-electron chi connectivity index (χ3n) is 5.58. The largest absolute Gasteiger partial charge is 0.469 e. The van der Waals surface area contributed by atoms with Gasteiger partial charge in [-0.2, -0.15) is 27.3 Å². The van der Waals surface area contributed by atoms with Gasteiger partial charge in [-0.05, 0) is 42.8 Å². The molecule has 178 valence electrons. The van der Waals surface area contributed by atoms with Gasteiger partial charge >= 0.3 is 18.1 Å². The Labute approximate surface area is 195 Å². The van der Waals surface area contributed by atoms with Crippen LogP contribution in [0.2, 0.25) is 0 Å². The molecule has 1 aliphatic rings. The minimum absolute atomic E-state index is 0.148. The molecular weight excluding hydrogens is 469 g/mol. The summed E-state index contributed by atoms with van der Waals surface area (Å²) >= 11 is 0. The van der Waals surface area contributed by atoms with Gasteiger partial charge in [0.1, 0.15) is 17.3 Å². The highest BCUT2D eigenvalue weighted by Gasteiger charge is 2.66. The number of halogens is 5. The van der Waals surface area contributed by atoms with E-state index >= 15 is 0 Å². The standard InChI is InChI=1S/C25H16F5N3O2/c1-14-2-4-16(5-3-14)22-19(15-6-8-17(26)9-7-15)13-33(32-22)23(34)31-18-10-11-21-20(12-18)24(27,28)25(29,30)35-21/h2-13H,1H3,(H,31,34). The molecule has 1 aromatic heterocycles. The summed E-state index contributed by atoms with van der Waals surface area (Å²) in [5, 5.41) is 6.73. The van der Waals surface area contributed by atoms with Crippen molar-refractivity contribution in [2.45, 2.75) is 19.0 Å². The van der Waals surface area contributed by atoms with Gasteiger partial charge in [-0.1, -0.05) is 42.0 Å². The van der Waals surface area contributed by atoms with Crippen LogP contribution < -0.4 is 10.1 Å². The summed E-state index contributed by atoms with van der Waals surface area (Å²) in [5.74, 6) is -5.65. The van der Waals surface area contributed by atoms with Gasteiger partial charge in [0, 0.05) is 23.0 Å². The van der Waals surface area contributed by atoms with E-state index in [4.69, 9.17) is 0 Å². The average Bonchev–Trinajstić information content (AvgIpc) is 3.33. The van der Waals surface area contributed by atoms with Gasteiger partial charge in [0.05, 0.1) is 5.56 Å². The molecule has 0 fully saturated rings. The highest BCUT2D eigenvalue weighted by atomic mass is 19.3. The van der Waals surface area contributed by atoms with Crippen LogP contribution in [-0.2, 0) is 5.92 Å². The maximum atomic E-state index is 14.0. The van der Waals surface area contributed by atoms with Gasteiger partial charge < -0.3 is 10.1 Å². The van der Waals surface area contributed by atoms with Crippen molar-refractivity contribution in [3.63, 3.8) is 0 Å². The molecule has 0 atom stereocenters. The second kappa shape index (κ2) is 7.93. The summed E-state index contributed by atoms with van der Waals surface area (Å²) < 4.78 is 73.5. The maximum absolute atomic E-state index is 14.0. The Balaban J connectivity index is 1.50. The zero-order chi connectivity index (χ0) is 25.0. The molecule has 1 N–H and O–H groups in total. The minimum atomic E-state index is -4.69. The first kappa shape index (κ1) is 22.6. The van der Waals surface area contributed by atoms with Crippen LogP contribution in [0.5, 0.6) is 5.75 Å². The second-order valence-electron chi connectivity index (χ2n) is 8.04. The predicted octanol–water partition coefficient (Wildman–Crippen LogP) is 6.82. The number of aromatic nitrogens is 2. The van der Waals surface area contributed by atoms with E-state index in [1.807, 2.05) is 31.2 Å². The summed E-state index contributed by atoms with van der Waals surface area (Å²) in [6.45, 7) is 1.91. The Morgan fingerprint density at radius 2 is 1.60 bits per heavy atom. The molecule has 0 unspecified atom stereocenters. The van der Waals surface area contributed by atoms with Gasteiger partial charge in [-0.3, -0.25) is 0 Å². The van der Waals surface area contributed by atoms with Crippen LogP contribution in [0.3, 0.4) is 0 Å².